The zero-order valence-corrected chi connectivity index (χ0v) is 14.3. The third-order valence-corrected chi connectivity index (χ3v) is 4.10. The Morgan fingerprint density at radius 3 is 2.56 bits per heavy atom. The highest BCUT2D eigenvalue weighted by molar-refractivity contribution is 7.18. The molecule has 2 aromatic heterocycles. The maximum atomic E-state index is 11.8. The Morgan fingerprint density at radius 2 is 1.92 bits per heavy atom. The number of Topliss-reactive ketones (excluding diaryl/α,β-unsaturated/α-hetero) is 1. The summed E-state index contributed by atoms with van der Waals surface area (Å²) in [5, 5.41) is 0. The van der Waals surface area contributed by atoms with Crippen LogP contribution in [-0.2, 0) is 14.3 Å². The van der Waals surface area contributed by atoms with Crippen molar-refractivity contribution >= 4 is 46.5 Å². The van der Waals surface area contributed by atoms with E-state index in [1.807, 2.05) is 0 Å². The maximum absolute atomic E-state index is 11.8. The molecule has 0 saturated heterocycles. The fourth-order valence-electron chi connectivity index (χ4n) is 1.65. The summed E-state index contributed by atoms with van der Waals surface area (Å²) in [7, 11) is 0. The number of carbonyl (C=O) groups excluding carboxylic acids is 4. The first kappa shape index (κ1) is 18.7. The Morgan fingerprint density at radius 1 is 1.12 bits per heavy atom. The van der Waals surface area contributed by atoms with Gasteiger partial charge in [0, 0.05) is 6.42 Å². The molecular formula is C15H13ClN2O6S. The fraction of sp³-hybridized carbons (Fsp3) is 0.200. The molecule has 0 aliphatic carbocycles. The van der Waals surface area contributed by atoms with Gasteiger partial charge in [-0.25, -0.2) is 0 Å². The van der Waals surface area contributed by atoms with Crippen LogP contribution in [0.15, 0.2) is 34.9 Å². The molecule has 0 bridgehead atoms. The maximum Gasteiger partial charge on any atom is 0.306 e. The Balaban J connectivity index is 1.63. The third kappa shape index (κ3) is 6.05. The highest BCUT2D eigenvalue weighted by atomic mass is 35.5. The Kier molecular flexibility index (Phi) is 6.72. The van der Waals surface area contributed by atoms with E-state index >= 15 is 0 Å². The van der Waals surface area contributed by atoms with Crippen LogP contribution in [0.25, 0.3) is 0 Å². The minimum Gasteiger partial charge on any atom is -0.459 e. The van der Waals surface area contributed by atoms with Gasteiger partial charge in [-0.1, -0.05) is 11.6 Å². The predicted molar refractivity (Wildman–Crippen MR) is 88.2 cm³/mol. The number of ketones is 1. The van der Waals surface area contributed by atoms with Crippen LogP contribution in [0.1, 0.15) is 33.1 Å². The van der Waals surface area contributed by atoms with Crippen molar-refractivity contribution in [3.63, 3.8) is 0 Å². The normalized spacial score (nSPS) is 10.1. The van der Waals surface area contributed by atoms with E-state index in [0.29, 0.717) is 9.21 Å². The largest absolute Gasteiger partial charge is 0.459 e. The molecule has 2 N–H and O–H groups in total. The molecule has 10 heteroatoms. The smallest absolute Gasteiger partial charge is 0.306 e. The number of furan rings is 1. The van der Waals surface area contributed by atoms with Crippen molar-refractivity contribution in [1.82, 2.24) is 10.9 Å². The highest BCUT2D eigenvalue weighted by Gasteiger charge is 2.14. The van der Waals surface area contributed by atoms with Gasteiger partial charge in [0.25, 0.3) is 5.91 Å². The fourth-order valence-corrected chi connectivity index (χ4v) is 2.66. The summed E-state index contributed by atoms with van der Waals surface area (Å²) in [6.07, 6.45) is 1.09. The van der Waals surface area contributed by atoms with E-state index in [1.165, 1.54) is 18.4 Å². The zero-order chi connectivity index (χ0) is 18.2. The van der Waals surface area contributed by atoms with Crippen LogP contribution in [0.4, 0.5) is 0 Å². The summed E-state index contributed by atoms with van der Waals surface area (Å²) in [5.74, 6) is -2.30. The number of carbonyl (C=O) groups is 4. The molecule has 0 fully saturated rings. The van der Waals surface area contributed by atoms with Gasteiger partial charge in [0.2, 0.25) is 0 Å². The first-order valence-electron chi connectivity index (χ1n) is 7.02. The molecule has 0 aromatic carbocycles. The van der Waals surface area contributed by atoms with Gasteiger partial charge in [-0.3, -0.25) is 30.0 Å². The van der Waals surface area contributed by atoms with Gasteiger partial charge in [-0.2, -0.15) is 0 Å². The molecule has 8 nitrogen and oxygen atoms in total. The summed E-state index contributed by atoms with van der Waals surface area (Å²) in [5.41, 5.74) is 4.16. The van der Waals surface area contributed by atoms with E-state index in [4.69, 9.17) is 20.8 Å². The molecule has 0 saturated carbocycles. The van der Waals surface area contributed by atoms with E-state index in [2.05, 4.69) is 10.9 Å². The SMILES string of the molecule is O=C(COC(=O)CCC(=O)c1ccc(Cl)s1)NNC(=O)c1ccco1. The lowest BCUT2D eigenvalue weighted by Gasteiger charge is -2.06. The number of nitrogens with one attached hydrogen (secondary N) is 2. The molecule has 0 unspecified atom stereocenters. The van der Waals surface area contributed by atoms with Crippen LogP contribution < -0.4 is 10.9 Å². The lowest BCUT2D eigenvalue weighted by molar-refractivity contribution is -0.148. The first-order chi connectivity index (χ1) is 12.0. The summed E-state index contributed by atoms with van der Waals surface area (Å²) >= 11 is 6.86. The number of thiophene rings is 1. The minimum atomic E-state index is -0.732. The van der Waals surface area contributed by atoms with Crippen LogP contribution in [0.2, 0.25) is 4.34 Å². The molecule has 2 aromatic rings. The molecular weight excluding hydrogens is 372 g/mol. The molecule has 2 rings (SSSR count). The van der Waals surface area contributed by atoms with Crippen molar-refractivity contribution < 1.29 is 28.3 Å². The standard InChI is InChI=1S/C15H13ClN2O6S/c16-12-5-4-11(25-12)9(19)3-6-14(21)24-8-13(20)17-18-15(22)10-2-1-7-23-10/h1-2,4-5,7H,3,6,8H2,(H,17,20)(H,18,22). The summed E-state index contributed by atoms with van der Waals surface area (Å²) in [6, 6.07) is 6.11. The summed E-state index contributed by atoms with van der Waals surface area (Å²) in [6.45, 7) is -0.587. The number of hydrogen-bond acceptors (Lipinski definition) is 7. The molecule has 0 radical (unpaired) electrons. The van der Waals surface area contributed by atoms with Crippen molar-refractivity contribution in [1.29, 1.82) is 0 Å². The number of ether oxygens (including phenoxy) is 1. The molecule has 0 atom stereocenters. The highest BCUT2D eigenvalue weighted by Crippen LogP contribution is 2.22. The van der Waals surface area contributed by atoms with Gasteiger partial charge in [0.1, 0.15) is 0 Å². The second kappa shape index (κ2) is 9.00. The van der Waals surface area contributed by atoms with Crippen LogP contribution in [0.5, 0.6) is 0 Å². The number of rotatable bonds is 7. The second-order valence-corrected chi connectivity index (χ2v) is 6.38. The van der Waals surface area contributed by atoms with E-state index in [0.717, 1.165) is 11.3 Å². The molecule has 2 heterocycles. The Labute approximate surface area is 151 Å². The lowest BCUT2D eigenvalue weighted by Crippen LogP contribution is -2.43. The molecule has 25 heavy (non-hydrogen) atoms. The molecule has 0 spiro atoms. The van der Waals surface area contributed by atoms with Crippen molar-refractivity contribution in [3.8, 4) is 0 Å². The second-order valence-electron chi connectivity index (χ2n) is 4.67. The van der Waals surface area contributed by atoms with Crippen LogP contribution in [0.3, 0.4) is 0 Å². The molecule has 132 valence electrons. The van der Waals surface area contributed by atoms with Crippen molar-refractivity contribution in [2.45, 2.75) is 12.8 Å². The van der Waals surface area contributed by atoms with Gasteiger partial charge in [0.05, 0.1) is 21.9 Å². The summed E-state index contributed by atoms with van der Waals surface area (Å²) < 4.78 is 10.0. The van der Waals surface area contributed by atoms with E-state index in [-0.39, 0.29) is 24.4 Å². The van der Waals surface area contributed by atoms with Crippen molar-refractivity contribution in [3.05, 3.63) is 45.5 Å². The third-order valence-electron chi connectivity index (χ3n) is 2.83. The van der Waals surface area contributed by atoms with Crippen LogP contribution >= 0.6 is 22.9 Å². The number of hydrogen-bond donors (Lipinski definition) is 2. The van der Waals surface area contributed by atoms with Crippen LogP contribution in [0, 0.1) is 0 Å². The summed E-state index contributed by atoms with van der Waals surface area (Å²) in [4.78, 5) is 46.7. The van der Waals surface area contributed by atoms with E-state index < -0.39 is 24.4 Å². The number of halogens is 1. The van der Waals surface area contributed by atoms with Gasteiger partial charge < -0.3 is 9.15 Å². The molecule has 0 aliphatic rings. The number of esters is 1. The van der Waals surface area contributed by atoms with Crippen molar-refractivity contribution in [2.24, 2.45) is 0 Å². The van der Waals surface area contributed by atoms with E-state index in [9.17, 15) is 19.2 Å². The minimum absolute atomic E-state index is 0.0180. The lowest BCUT2D eigenvalue weighted by atomic mass is 10.2. The Hall–Kier alpha value is -2.65. The van der Waals surface area contributed by atoms with E-state index in [1.54, 1.807) is 12.1 Å². The number of hydrazine groups is 1. The van der Waals surface area contributed by atoms with Crippen LogP contribution in [-0.4, -0.2) is 30.2 Å². The average molecular weight is 385 g/mol. The first-order valence-corrected chi connectivity index (χ1v) is 8.22. The van der Waals surface area contributed by atoms with Gasteiger partial charge >= 0.3 is 11.9 Å². The molecule has 2 amide bonds. The predicted octanol–water partition coefficient (Wildman–Crippen LogP) is 1.96. The van der Waals surface area contributed by atoms with Gasteiger partial charge in [-0.05, 0) is 24.3 Å². The Bertz CT molecular complexity index is 771. The number of amides is 2. The topological polar surface area (TPSA) is 115 Å². The van der Waals surface area contributed by atoms with Gasteiger partial charge in [-0.15, -0.1) is 11.3 Å². The van der Waals surface area contributed by atoms with Crippen molar-refractivity contribution in [2.75, 3.05) is 6.61 Å². The molecule has 0 aliphatic heterocycles. The average Bonchev–Trinajstić information content (AvgIpc) is 3.27. The monoisotopic (exact) mass is 384 g/mol. The zero-order valence-electron chi connectivity index (χ0n) is 12.7. The van der Waals surface area contributed by atoms with Gasteiger partial charge in [0.15, 0.2) is 18.2 Å². The quantitative estimate of drug-likeness (QED) is 0.428.